The normalized spacial score (nSPS) is 12.1. The second kappa shape index (κ2) is 11.4. The zero-order valence-electron chi connectivity index (χ0n) is 29.1. The molecule has 0 N–H and O–H groups in total. The van der Waals surface area contributed by atoms with Crippen molar-refractivity contribution in [3.63, 3.8) is 0 Å². The molecule has 2 heterocycles. The molecule has 250 valence electrons. The van der Waals surface area contributed by atoms with Gasteiger partial charge in [-0.05, 0) is 101 Å². The molecule has 0 saturated heterocycles. The molecular weight excluding hydrogens is 673 g/mol. The Morgan fingerprint density at radius 1 is 0.315 bits per heavy atom. The molecule has 0 amide bonds. The van der Waals surface area contributed by atoms with Crippen molar-refractivity contribution in [3.05, 3.63) is 182 Å². The summed E-state index contributed by atoms with van der Waals surface area (Å²) in [6, 6.07) is 66.6. The summed E-state index contributed by atoms with van der Waals surface area (Å²) >= 11 is 1.86. The maximum absolute atomic E-state index is 6.63. The number of rotatable bonds is 3. The fourth-order valence-corrected chi connectivity index (χ4v) is 10.2. The van der Waals surface area contributed by atoms with Gasteiger partial charge in [0, 0.05) is 36.3 Å². The van der Waals surface area contributed by atoms with Gasteiger partial charge < -0.3 is 4.42 Å². The second-order valence-electron chi connectivity index (χ2n) is 14.3. The number of hydrogen-bond acceptors (Lipinski definition) is 2. The molecule has 0 spiro atoms. The summed E-state index contributed by atoms with van der Waals surface area (Å²) in [5.41, 5.74) is 9.18. The summed E-state index contributed by atoms with van der Waals surface area (Å²) in [5, 5.41) is 15.1. The van der Waals surface area contributed by atoms with Gasteiger partial charge in [-0.2, -0.15) is 0 Å². The molecule has 0 bridgehead atoms. The molecule has 0 atom stereocenters. The van der Waals surface area contributed by atoms with Gasteiger partial charge in [-0.1, -0.05) is 152 Å². The SMILES string of the molecule is c1ccc2c(-c3c4ccccc4c(-c4ccc(-c5ccc6c(c5)oc5ccc7ccc8sc9ccccc9c8c7c56)cc4)c4ccccc34)cccc2c1. The first-order chi connectivity index (χ1) is 26.8. The van der Waals surface area contributed by atoms with Crippen molar-refractivity contribution in [2.75, 3.05) is 0 Å². The average molecular weight is 703 g/mol. The van der Waals surface area contributed by atoms with Crippen LogP contribution in [0.15, 0.2) is 186 Å². The highest BCUT2D eigenvalue weighted by Crippen LogP contribution is 2.47. The summed E-state index contributed by atoms with van der Waals surface area (Å²) in [4.78, 5) is 0. The van der Waals surface area contributed by atoms with Crippen LogP contribution in [0.4, 0.5) is 0 Å². The highest BCUT2D eigenvalue weighted by atomic mass is 32.1. The minimum Gasteiger partial charge on any atom is -0.456 e. The van der Waals surface area contributed by atoms with Crippen molar-refractivity contribution in [1.29, 1.82) is 0 Å². The predicted molar refractivity (Wildman–Crippen MR) is 233 cm³/mol. The molecule has 0 aliphatic rings. The standard InChI is InChI=1S/C52H30OS/c1-2-12-36-32(10-1)11-9-18-37(36)50-40-15-5-3-13-38(40)48(39-14-4-6-16-41(39)50)33-22-20-31(21-23-33)35-24-27-42-45(30-35)53-44-28-25-34-26-29-47-52(49(34)51(42)44)43-17-7-8-19-46(43)54-47/h1-30H. The zero-order chi connectivity index (χ0) is 35.3. The van der Waals surface area contributed by atoms with E-state index in [1.54, 1.807) is 0 Å². The molecular formula is C52H30OS. The fraction of sp³-hybridized carbons (Fsp3) is 0. The maximum atomic E-state index is 6.63. The molecule has 54 heavy (non-hydrogen) atoms. The van der Waals surface area contributed by atoms with Crippen LogP contribution >= 0.6 is 11.3 Å². The van der Waals surface area contributed by atoms with Crippen molar-refractivity contribution >= 4 is 96.5 Å². The van der Waals surface area contributed by atoms with Gasteiger partial charge in [0.1, 0.15) is 11.2 Å². The number of hydrogen-bond donors (Lipinski definition) is 0. The molecule has 0 radical (unpaired) electrons. The van der Waals surface area contributed by atoms with Crippen LogP contribution in [0.3, 0.4) is 0 Å². The van der Waals surface area contributed by atoms with E-state index in [1.807, 2.05) is 11.3 Å². The van der Waals surface area contributed by atoms with Crippen LogP contribution in [-0.4, -0.2) is 0 Å². The third kappa shape index (κ3) is 4.26. The molecule has 1 nitrogen and oxygen atoms in total. The summed E-state index contributed by atoms with van der Waals surface area (Å²) in [6.07, 6.45) is 0. The Bertz CT molecular complexity index is 3430. The second-order valence-corrected chi connectivity index (χ2v) is 15.4. The average Bonchev–Trinajstić information content (AvgIpc) is 3.81. The first-order valence-electron chi connectivity index (χ1n) is 18.5. The van der Waals surface area contributed by atoms with Crippen LogP contribution in [0.5, 0.6) is 0 Å². The Kier molecular flexibility index (Phi) is 6.28. The fourth-order valence-electron chi connectivity index (χ4n) is 9.08. The van der Waals surface area contributed by atoms with E-state index in [0.29, 0.717) is 0 Å². The van der Waals surface area contributed by atoms with Crippen molar-refractivity contribution < 1.29 is 4.42 Å². The lowest BCUT2D eigenvalue weighted by atomic mass is 9.84. The Hall–Kier alpha value is -6.74. The van der Waals surface area contributed by atoms with E-state index in [-0.39, 0.29) is 0 Å². The highest BCUT2D eigenvalue weighted by molar-refractivity contribution is 7.26. The van der Waals surface area contributed by atoms with E-state index in [0.717, 1.165) is 27.7 Å². The Labute approximate surface area is 314 Å². The summed E-state index contributed by atoms with van der Waals surface area (Å²) < 4.78 is 9.26. The van der Waals surface area contributed by atoms with E-state index in [9.17, 15) is 0 Å². The smallest absolute Gasteiger partial charge is 0.136 e. The van der Waals surface area contributed by atoms with Gasteiger partial charge in [0.15, 0.2) is 0 Å². The Morgan fingerprint density at radius 3 is 1.70 bits per heavy atom. The van der Waals surface area contributed by atoms with Crippen LogP contribution in [0.1, 0.15) is 0 Å². The van der Waals surface area contributed by atoms with Crippen LogP contribution in [0, 0.1) is 0 Å². The van der Waals surface area contributed by atoms with Crippen LogP contribution in [0.2, 0.25) is 0 Å². The number of fused-ring (bicyclic) bond motifs is 12. The Balaban J connectivity index is 1.01. The molecule has 0 saturated carbocycles. The minimum absolute atomic E-state index is 0.914. The summed E-state index contributed by atoms with van der Waals surface area (Å²) in [6.45, 7) is 0. The molecule has 2 heteroatoms. The van der Waals surface area contributed by atoms with E-state index >= 15 is 0 Å². The summed E-state index contributed by atoms with van der Waals surface area (Å²) in [7, 11) is 0. The highest BCUT2D eigenvalue weighted by Gasteiger charge is 2.19. The van der Waals surface area contributed by atoms with Gasteiger partial charge in [-0.25, -0.2) is 0 Å². The van der Waals surface area contributed by atoms with Gasteiger partial charge in [-0.3, -0.25) is 0 Å². The first kappa shape index (κ1) is 29.8. The van der Waals surface area contributed by atoms with Crippen LogP contribution in [-0.2, 0) is 0 Å². The van der Waals surface area contributed by atoms with E-state index in [1.165, 1.54) is 90.9 Å². The third-order valence-electron chi connectivity index (χ3n) is 11.5. The van der Waals surface area contributed by atoms with Gasteiger partial charge in [0.25, 0.3) is 0 Å². The molecule has 12 rings (SSSR count). The zero-order valence-corrected chi connectivity index (χ0v) is 30.0. The van der Waals surface area contributed by atoms with Crippen molar-refractivity contribution in [2.45, 2.75) is 0 Å². The third-order valence-corrected chi connectivity index (χ3v) is 12.6. The number of furan rings is 1. The largest absolute Gasteiger partial charge is 0.456 e. The first-order valence-corrected chi connectivity index (χ1v) is 19.3. The van der Waals surface area contributed by atoms with Crippen molar-refractivity contribution in [3.8, 4) is 33.4 Å². The molecule has 0 unspecified atom stereocenters. The quantitative estimate of drug-likeness (QED) is 0.167. The monoisotopic (exact) mass is 702 g/mol. The summed E-state index contributed by atoms with van der Waals surface area (Å²) in [5.74, 6) is 0. The van der Waals surface area contributed by atoms with E-state index in [2.05, 4.69) is 182 Å². The lowest BCUT2D eigenvalue weighted by Crippen LogP contribution is -1.91. The van der Waals surface area contributed by atoms with Crippen LogP contribution in [0.25, 0.3) is 119 Å². The molecule has 10 aromatic carbocycles. The lowest BCUT2D eigenvalue weighted by molar-refractivity contribution is 0.669. The van der Waals surface area contributed by atoms with Gasteiger partial charge in [0.2, 0.25) is 0 Å². The topological polar surface area (TPSA) is 13.1 Å². The van der Waals surface area contributed by atoms with Gasteiger partial charge >= 0.3 is 0 Å². The molecule has 0 aliphatic heterocycles. The molecule has 2 aromatic heterocycles. The van der Waals surface area contributed by atoms with Crippen molar-refractivity contribution in [2.24, 2.45) is 0 Å². The number of benzene rings is 10. The minimum atomic E-state index is 0.914. The molecule has 0 fully saturated rings. The van der Waals surface area contributed by atoms with E-state index < -0.39 is 0 Å². The predicted octanol–water partition coefficient (Wildman–Crippen LogP) is 15.6. The van der Waals surface area contributed by atoms with E-state index in [4.69, 9.17) is 4.42 Å². The number of thiophene rings is 1. The van der Waals surface area contributed by atoms with Crippen LogP contribution < -0.4 is 0 Å². The van der Waals surface area contributed by atoms with Gasteiger partial charge in [0.05, 0.1) is 0 Å². The van der Waals surface area contributed by atoms with Crippen molar-refractivity contribution in [1.82, 2.24) is 0 Å². The lowest BCUT2D eigenvalue weighted by Gasteiger charge is -2.19. The molecule has 12 aromatic rings. The maximum Gasteiger partial charge on any atom is 0.136 e. The Morgan fingerprint density at radius 2 is 0.926 bits per heavy atom. The molecule has 0 aliphatic carbocycles. The van der Waals surface area contributed by atoms with Gasteiger partial charge in [-0.15, -0.1) is 11.3 Å².